The highest BCUT2D eigenvalue weighted by atomic mass is 19.3. The molecular formula is C11H21F2N. The van der Waals surface area contributed by atoms with Gasteiger partial charge in [0, 0.05) is 18.4 Å². The van der Waals surface area contributed by atoms with E-state index in [-0.39, 0.29) is 23.8 Å². The molecule has 3 heteroatoms. The summed E-state index contributed by atoms with van der Waals surface area (Å²) in [6, 6.07) is 0. The van der Waals surface area contributed by atoms with E-state index < -0.39 is 5.92 Å². The summed E-state index contributed by atoms with van der Waals surface area (Å²) in [6.07, 6.45) is 1.66. The summed E-state index contributed by atoms with van der Waals surface area (Å²) < 4.78 is 25.9. The molecule has 0 atom stereocenters. The second-order valence-corrected chi connectivity index (χ2v) is 5.96. The highest BCUT2D eigenvalue weighted by molar-refractivity contribution is 4.94. The highest BCUT2D eigenvalue weighted by Gasteiger charge is 2.42. The maximum Gasteiger partial charge on any atom is 0.248 e. The Bertz CT molecular complexity index is 196. The molecule has 0 spiro atoms. The lowest BCUT2D eigenvalue weighted by Crippen LogP contribution is -2.48. The molecule has 1 fully saturated rings. The lowest BCUT2D eigenvalue weighted by Gasteiger charge is -2.40. The minimum atomic E-state index is -2.47. The first-order chi connectivity index (χ1) is 6.12. The average molecular weight is 205 g/mol. The van der Waals surface area contributed by atoms with E-state index in [9.17, 15) is 8.78 Å². The fourth-order valence-electron chi connectivity index (χ4n) is 2.35. The summed E-state index contributed by atoms with van der Waals surface area (Å²) in [5.41, 5.74) is 5.90. The molecule has 1 nitrogen and oxygen atoms in total. The Morgan fingerprint density at radius 3 is 1.86 bits per heavy atom. The predicted octanol–water partition coefficient (Wildman–Crippen LogP) is 3.33. The van der Waals surface area contributed by atoms with E-state index in [1.165, 1.54) is 0 Å². The van der Waals surface area contributed by atoms with Crippen LogP contribution in [0.5, 0.6) is 0 Å². The van der Waals surface area contributed by atoms with Gasteiger partial charge in [-0.25, -0.2) is 8.78 Å². The van der Waals surface area contributed by atoms with Gasteiger partial charge in [0.1, 0.15) is 0 Å². The van der Waals surface area contributed by atoms with Crippen molar-refractivity contribution in [3.63, 3.8) is 0 Å². The number of halogens is 2. The van der Waals surface area contributed by atoms with E-state index in [1.807, 2.05) is 0 Å². The molecule has 1 aliphatic carbocycles. The van der Waals surface area contributed by atoms with E-state index >= 15 is 0 Å². The van der Waals surface area contributed by atoms with Crippen LogP contribution >= 0.6 is 0 Å². The average Bonchev–Trinajstić information content (AvgIpc) is 1.93. The zero-order chi connectivity index (χ0) is 11.0. The van der Waals surface area contributed by atoms with Crippen LogP contribution in [0.1, 0.15) is 52.9 Å². The summed E-state index contributed by atoms with van der Waals surface area (Å²) in [5.74, 6) is -2.47. The quantitative estimate of drug-likeness (QED) is 0.698. The minimum Gasteiger partial charge on any atom is -0.325 e. The van der Waals surface area contributed by atoms with E-state index in [4.69, 9.17) is 5.73 Å². The van der Waals surface area contributed by atoms with Gasteiger partial charge < -0.3 is 5.73 Å². The minimum absolute atomic E-state index is 0.0421. The molecule has 0 aromatic carbocycles. The number of alkyl halides is 2. The maximum atomic E-state index is 12.9. The van der Waals surface area contributed by atoms with E-state index in [1.54, 1.807) is 0 Å². The van der Waals surface area contributed by atoms with Crippen molar-refractivity contribution in [1.82, 2.24) is 0 Å². The lowest BCUT2D eigenvalue weighted by atomic mass is 9.71. The van der Waals surface area contributed by atoms with Gasteiger partial charge in [-0.1, -0.05) is 20.8 Å². The maximum absolute atomic E-state index is 12.9. The summed E-state index contributed by atoms with van der Waals surface area (Å²) in [6.45, 7) is 6.32. The summed E-state index contributed by atoms with van der Waals surface area (Å²) in [4.78, 5) is 0. The molecule has 0 heterocycles. The first-order valence-corrected chi connectivity index (χ1v) is 5.29. The standard InChI is InChI=1S/C11H21F2N/c1-9(2,3)8-10(14)4-6-11(12,13)7-5-10/h4-8,14H2,1-3H3. The van der Waals surface area contributed by atoms with Gasteiger partial charge in [-0.15, -0.1) is 0 Å². The van der Waals surface area contributed by atoms with Gasteiger partial charge in [0.15, 0.2) is 0 Å². The zero-order valence-corrected chi connectivity index (χ0v) is 9.37. The molecule has 0 bridgehead atoms. The van der Waals surface area contributed by atoms with Crippen LogP contribution in [0.2, 0.25) is 0 Å². The molecule has 1 rings (SSSR count). The topological polar surface area (TPSA) is 26.0 Å². The van der Waals surface area contributed by atoms with Crippen molar-refractivity contribution >= 4 is 0 Å². The number of hydrogen-bond donors (Lipinski definition) is 1. The molecule has 1 saturated carbocycles. The Morgan fingerprint density at radius 2 is 1.50 bits per heavy atom. The first kappa shape index (κ1) is 11.9. The van der Waals surface area contributed by atoms with Crippen molar-refractivity contribution in [3.05, 3.63) is 0 Å². The number of nitrogens with two attached hydrogens (primary N) is 1. The van der Waals surface area contributed by atoms with Crippen molar-refractivity contribution < 1.29 is 8.78 Å². The largest absolute Gasteiger partial charge is 0.325 e. The number of rotatable bonds is 1. The molecule has 0 amide bonds. The first-order valence-electron chi connectivity index (χ1n) is 5.29. The molecule has 0 unspecified atom stereocenters. The van der Waals surface area contributed by atoms with Crippen molar-refractivity contribution in [2.75, 3.05) is 0 Å². The SMILES string of the molecule is CC(C)(C)CC1(N)CCC(F)(F)CC1. The van der Waals surface area contributed by atoms with Crippen LogP contribution in [0.15, 0.2) is 0 Å². The smallest absolute Gasteiger partial charge is 0.248 e. The normalized spacial score (nSPS) is 26.1. The Hall–Kier alpha value is -0.180. The van der Waals surface area contributed by atoms with Crippen LogP contribution < -0.4 is 5.73 Å². The molecule has 0 aromatic rings. The Morgan fingerprint density at radius 1 is 1.07 bits per heavy atom. The van der Waals surface area contributed by atoms with Crippen LogP contribution in [0.25, 0.3) is 0 Å². The fourth-order valence-corrected chi connectivity index (χ4v) is 2.35. The Kier molecular flexibility index (Phi) is 2.92. The Labute approximate surface area is 85.1 Å². The van der Waals surface area contributed by atoms with Gasteiger partial charge in [-0.2, -0.15) is 0 Å². The third-order valence-corrected chi connectivity index (χ3v) is 2.86. The van der Waals surface area contributed by atoms with Crippen LogP contribution in [0.4, 0.5) is 8.78 Å². The molecule has 0 aromatic heterocycles. The third-order valence-electron chi connectivity index (χ3n) is 2.86. The monoisotopic (exact) mass is 205 g/mol. The highest BCUT2D eigenvalue weighted by Crippen LogP contribution is 2.41. The second-order valence-electron chi connectivity index (χ2n) is 5.96. The molecule has 84 valence electrons. The molecule has 14 heavy (non-hydrogen) atoms. The van der Waals surface area contributed by atoms with Crippen molar-refractivity contribution in [2.24, 2.45) is 11.1 Å². The van der Waals surface area contributed by atoms with Crippen molar-refractivity contribution in [2.45, 2.75) is 64.3 Å². The van der Waals surface area contributed by atoms with Gasteiger partial charge in [0.2, 0.25) is 5.92 Å². The summed E-state index contributed by atoms with van der Waals surface area (Å²) in [7, 11) is 0. The van der Waals surface area contributed by atoms with E-state index in [0.29, 0.717) is 12.8 Å². The molecule has 2 N–H and O–H groups in total. The van der Waals surface area contributed by atoms with Crippen molar-refractivity contribution in [3.8, 4) is 0 Å². The van der Waals surface area contributed by atoms with Gasteiger partial charge >= 0.3 is 0 Å². The zero-order valence-electron chi connectivity index (χ0n) is 9.37. The summed E-state index contributed by atoms with van der Waals surface area (Å²) in [5, 5.41) is 0. The van der Waals surface area contributed by atoms with Crippen molar-refractivity contribution in [1.29, 1.82) is 0 Å². The van der Waals surface area contributed by atoms with Crippen LogP contribution in [0, 0.1) is 5.41 Å². The fraction of sp³-hybridized carbons (Fsp3) is 1.00. The van der Waals surface area contributed by atoms with Crippen LogP contribution in [-0.2, 0) is 0 Å². The van der Waals surface area contributed by atoms with E-state index in [2.05, 4.69) is 20.8 Å². The second kappa shape index (κ2) is 3.44. The summed E-state index contributed by atoms with van der Waals surface area (Å²) >= 11 is 0. The van der Waals surface area contributed by atoms with E-state index in [0.717, 1.165) is 6.42 Å². The molecule has 1 aliphatic rings. The number of hydrogen-bond acceptors (Lipinski definition) is 1. The predicted molar refractivity (Wildman–Crippen MR) is 54.4 cm³/mol. The molecular weight excluding hydrogens is 184 g/mol. The lowest BCUT2D eigenvalue weighted by molar-refractivity contribution is -0.0551. The van der Waals surface area contributed by atoms with Crippen LogP contribution in [-0.4, -0.2) is 11.5 Å². The third kappa shape index (κ3) is 3.52. The van der Waals surface area contributed by atoms with Crippen LogP contribution in [0.3, 0.4) is 0 Å². The molecule has 0 aliphatic heterocycles. The van der Waals surface area contributed by atoms with Gasteiger partial charge in [0.25, 0.3) is 0 Å². The van der Waals surface area contributed by atoms with Gasteiger partial charge in [0.05, 0.1) is 0 Å². The Balaban J connectivity index is 2.54. The van der Waals surface area contributed by atoms with Gasteiger partial charge in [-0.3, -0.25) is 0 Å². The molecule has 0 radical (unpaired) electrons. The van der Waals surface area contributed by atoms with Gasteiger partial charge in [-0.05, 0) is 24.7 Å². The molecule has 0 saturated heterocycles.